The van der Waals surface area contributed by atoms with E-state index in [9.17, 15) is 4.39 Å². The number of nitrogens with zero attached hydrogens (tertiary/aromatic N) is 1. The van der Waals surface area contributed by atoms with Gasteiger partial charge in [0.05, 0.1) is 11.6 Å². The van der Waals surface area contributed by atoms with Crippen molar-refractivity contribution in [2.24, 2.45) is 0 Å². The number of aliphatic hydroxyl groups is 2. The third-order valence-electron chi connectivity index (χ3n) is 2.62. The van der Waals surface area contributed by atoms with E-state index in [1.165, 1.54) is 30.3 Å². The molecule has 0 aliphatic heterocycles. The predicted molar refractivity (Wildman–Crippen MR) is 63.7 cm³/mol. The first-order valence-electron chi connectivity index (χ1n) is 5.28. The van der Waals surface area contributed by atoms with E-state index in [-0.39, 0.29) is 5.56 Å². The van der Waals surface area contributed by atoms with Crippen molar-refractivity contribution in [3.63, 3.8) is 0 Å². The molecule has 0 aromatic heterocycles. The molecule has 3 nitrogen and oxygen atoms in total. The summed E-state index contributed by atoms with van der Waals surface area (Å²) in [6.07, 6.45) is -1.54. The standard InChI is InChI=1S/C14H10FNO2/c15-13-7-9(8-16)1-6-12(13)10-2-4-11(5-3-10)14(17)18/h1-7,14,17-18H. The van der Waals surface area contributed by atoms with Crippen molar-refractivity contribution in [2.45, 2.75) is 6.29 Å². The van der Waals surface area contributed by atoms with E-state index >= 15 is 0 Å². The van der Waals surface area contributed by atoms with E-state index in [0.717, 1.165) is 0 Å². The zero-order valence-electron chi connectivity index (χ0n) is 9.34. The van der Waals surface area contributed by atoms with Crippen LogP contribution in [0.2, 0.25) is 0 Å². The first-order chi connectivity index (χ1) is 8.61. The summed E-state index contributed by atoms with van der Waals surface area (Å²) in [6, 6.07) is 12.3. The third kappa shape index (κ3) is 2.38. The van der Waals surface area contributed by atoms with Crippen molar-refractivity contribution in [3.05, 3.63) is 59.4 Å². The maximum absolute atomic E-state index is 13.7. The van der Waals surface area contributed by atoms with Crippen molar-refractivity contribution >= 4 is 0 Å². The van der Waals surface area contributed by atoms with Crippen LogP contribution in [0.15, 0.2) is 42.5 Å². The lowest BCUT2D eigenvalue weighted by Crippen LogP contribution is -1.94. The van der Waals surface area contributed by atoms with Gasteiger partial charge in [-0.3, -0.25) is 0 Å². The molecule has 2 aromatic carbocycles. The second-order valence-electron chi connectivity index (χ2n) is 3.80. The van der Waals surface area contributed by atoms with Gasteiger partial charge in [-0.25, -0.2) is 4.39 Å². The van der Waals surface area contributed by atoms with Gasteiger partial charge in [0, 0.05) is 11.1 Å². The zero-order valence-corrected chi connectivity index (χ0v) is 9.34. The van der Waals surface area contributed by atoms with Crippen molar-refractivity contribution < 1.29 is 14.6 Å². The molecule has 4 heteroatoms. The first-order valence-corrected chi connectivity index (χ1v) is 5.28. The summed E-state index contributed by atoms with van der Waals surface area (Å²) in [6.45, 7) is 0. The monoisotopic (exact) mass is 243 g/mol. The topological polar surface area (TPSA) is 64.2 Å². The molecule has 18 heavy (non-hydrogen) atoms. The molecule has 2 N–H and O–H groups in total. The molecule has 0 saturated heterocycles. The van der Waals surface area contributed by atoms with Crippen LogP contribution in [-0.4, -0.2) is 10.2 Å². The van der Waals surface area contributed by atoms with Crippen LogP contribution in [0.25, 0.3) is 11.1 Å². The summed E-state index contributed by atoms with van der Waals surface area (Å²) in [5.41, 5.74) is 1.58. The highest BCUT2D eigenvalue weighted by molar-refractivity contribution is 5.65. The van der Waals surface area contributed by atoms with E-state index in [4.69, 9.17) is 15.5 Å². The van der Waals surface area contributed by atoms with E-state index in [1.807, 2.05) is 6.07 Å². The van der Waals surface area contributed by atoms with Gasteiger partial charge in [0.15, 0.2) is 6.29 Å². The number of hydrogen-bond acceptors (Lipinski definition) is 3. The summed E-state index contributed by atoms with van der Waals surface area (Å²) in [5.74, 6) is -0.480. The van der Waals surface area contributed by atoms with Crippen LogP contribution in [0, 0.1) is 17.1 Å². The summed E-state index contributed by atoms with van der Waals surface area (Å²) < 4.78 is 13.7. The smallest absolute Gasteiger partial charge is 0.178 e. The summed E-state index contributed by atoms with van der Waals surface area (Å²) >= 11 is 0. The fourth-order valence-corrected chi connectivity index (χ4v) is 1.65. The minimum atomic E-state index is -1.54. The molecule has 0 bridgehead atoms. The molecular weight excluding hydrogens is 233 g/mol. The molecular formula is C14H10FNO2. The molecule has 0 radical (unpaired) electrons. The van der Waals surface area contributed by atoms with Gasteiger partial charge >= 0.3 is 0 Å². The van der Waals surface area contributed by atoms with Crippen LogP contribution >= 0.6 is 0 Å². The minimum Gasteiger partial charge on any atom is -0.364 e. The lowest BCUT2D eigenvalue weighted by atomic mass is 10.0. The van der Waals surface area contributed by atoms with Crippen molar-refractivity contribution in [3.8, 4) is 17.2 Å². The second kappa shape index (κ2) is 4.96. The number of nitriles is 1. The van der Waals surface area contributed by atoms with E-state index in [0.29, 0.717) is 16.7 Å². The molecule has 0 saturated carbocycles. The summed E-state index contributed by atoms with van der Waals surface area (Å²) in [5, 5.41) is 26.6. The van der Waals surface area contributed by atoms with Gasteiger partial charge in [0.1, 0.15) is 5.82 Å². The Labute approximate surface area is 103 Å². The minimum absolute atomic E-state index is 0.263. The molecule has 90 valence electrons. The largest absolute Gasteiger partial charge is 0.364 e. The molecule has 2 aromatic rings. The normalized spacial score (nSPS) is 10.4. The quantitative estimate of drug-likeness (QED) is 0.796. The molecule has 0 heterocycles. The number of hydrogen-bond donors (Lipinski definition) is 2. The van der Waals surface area contributed by atoms with Crippen LogP contribution in [0.4, 0.5) is 4.39 Å². The van der Waals surface area contributed by atoms with Crippen LogP contribution in [-0.2, 0) is 0 Å². The van der Waals surface area contributed by atoms with Gasteiger partial charge < -0.3 is 10.2 Å². The molecule has 0 fully saturated rings. The Balaban J connectivity index is 2.40. The average Bonchev–Trinajstić information content (AvgIpc) is 2.38. The van der Waals surface area contributed by atoms with Crippen molar-refractivity contribution in [1.82, 2.24) is 0 Å². The highest BCUT2D eigenvalue weighted by atomic mass is 19.1. The van der Waals surface area contributed by atoms with E-state index < -0.39 is 12.1 Å². The highest BCUT2D eigenvalue weighted by Crippen LogP contribution is 2.24. The van der Waals surface area contributed by atoms with Gasteiger partial charge in [-0.2, -0.15) is 5.26 Å². The molecule has 0 spiro atoms. The van der Waals surface area contributed by atoms with Crippen molar-refractivity contribution in [1.29, 1.82) is 5.26 Å². The number of rotatable bonds is 2. The molecule has 0 atom stereocenters. The second-order valence-corrected chi connectivity index (χ2v) is 3.80. The maximum Gasteiger partial charge on any atom is 0.178 e. The van der Waals surface area contributed by atoms with Gasteiger partial charge in [-0.1, -0.05) is 30.3 Å². The lowest BCUT2D eigenvalue weighted by Gasteiger charge is -2.07. The molecule has 0 aliphatic carbocycles. The van der Waals surface area contributed by atoms with Crippen molar-refractivity contribution in [2.75, 3.05) is 0 Å². The third-order valence-corrected chi connectivity index (χ3v) is 2.62. The number of benzene rings is 2. The molecule has 0 amide bonds. The Hall–Kier alpha value is -2.22. The number of halogens is 1. The van der Waals surface area contributed by atoms with Gasteiger partial charge in [-0.05, 0) is 17.7 Å². The Morgan fingerprint density at radius 1 is 1.06 bits per heavy atom. The molecule has 2 rings (SSSR count). The fraction of sp³-hybridized carbons (Fsp3) is 0.0714. The Morgan fingerprint density at radius 3 is 2.22 bits per heavy atom. The Bertz CT molecular complexity index is 600. The van der Waals surface area contributed by atoms with Crippen LogP contribution in [0.1, 0.15) is 17.4 Å². The lowest BCUT2D eigenvalue weighted by molar-refractivity contribution is -0.0424. The summed E-state index contributed by atoms with van der Waals surface area (Å²) in [7, 11) is 0. The fourth-order valence-electron chi connectivity index (χ4n) is 1.65. The van der Waals surface area contributed by atoms with Gasteiger partial charge in [0.2, 0.25) is 0 Å². The summed E-state index contributed by atoms with van der Waals surface area (Å²) in [4.78, 5) is 0. The average molecular weight is 243 g/mol. The van der Waals surface area contributed by atoms with Crippen LogP contribution in [0.3, 0.4) is 0 Å². The molecule has 0 unspecified atom stereocenters. The van der Waals surface area contributed by atoms with Gasteiger partial charge in [-0.15, -0.1) is 0 Å². The Morgan fingerprint density at radius 2 is 1.72 bits per heavy atom. The predicted octanol–water partition coefficient (Wildman–Crippen LogP) is 2.35. The maximum atomic E-state index is 13.7. The van der Waals surface area contributed by atoms with Crippen LogP contribution in [0.5, 0.6) is 0 Å². The molecule has 0 aliphatic rings. The zero-order chi connectivity index (χ0) is 13.1. The highest BCUT2D eigenvalue weighted by Gasteiger charge is 2.07. The van der Waals surface area contributed by atoms with Crippen LogP contribution < -0.4 is 0 Å². The van der Waals surface area contributed by atoms with Gasteiger partial charge in [0.25, 0.3) is 0 Å². The Kier molecular flexibility index (Phi) is 3.38. The first kappa shape index (κ1) is 12.2. The van der Waals surface area contributed by atoms with E-state index in [1.54, 1.807) is 12.1 Å². The SMILES string of the molecule is N#Cc1ccc(-c2ccc(C(O)O)cc2)c(F)c1. The van der Waals surface area contributed by atoms with E-state index in [2.05, 4.69) is 0 Å². The number of aliphatic hydroxyl groups excluding tert-OH is 1.